The van der Waals surface area contributed by atoms with E-state index in [1.165, 1.54) is 18.9 Å². The van der Waals surface area contributed by atoms with E-state index in [1.807, 2.05) is 6.07 Å². The first-order valence-electron chi connectivity index (χ1n) is 7.50. The van der Waals surface area contributed by atoms with Gasteiger partial charge in [0.1, 0.15) is 11.5 Å². The predicted molar refractivity (Wildman–Crippen MR) is 81.1 cm³/mol. The Labute approximate surface area is 121 Å². The van der Waals surface area contributed by atoms with Crippen LogP contribution in [0, 0.1) is 0 Å². The lowest BCUT2D eigenvalue weighted by atomic mass is 10.0. The van der Waals surface area contributed by atoms with E-state index in [4.69, 9.17) is 0 Å². The van der Waals surface area contributed by atoms with Gasteiger partial charge in [-0.05, 0) is 46.2 Å². The normalized spacial score (nSPS) is 20.8. The van der Waals surface area contributed by atoms with Crippen LogP contribution in [0.5, 0.6) is 11.5 Å². The number of phenols is 2. The molecule has 3 N–H and O–H groups in total. The summed E-state index contributed by atoms with van der Waals surface area (Å²) < 4.78 is 0. The summed E-state index contributed by atoms with van der Waals surface area (Å²) in [5.41, 5.74) is 0.870. The molecule has 1 fully saturated rings. The summed E-state index contributed by atoms with van der Waals surface area (Å²) in [6.07, 6.45) is 2.47. The molecular formula is C16H26N2O2. The molecule has 2 rings (SSSR count). The van der Waals surface area contributed by atoms with Gasteiger partial charge in [0.05, 0.1) is 0 Å². The average molecular weight is 278 g/mol. The van der Waals surface area contributed by atoms with E-state index in [2.05, 4.69) is 31.0 Å². The van der Waals surface area contributed by atoms with E-state index < -0.39 is 0 Å². The number of benzene rings is 1. The summed E-state index contributed by atoms with van der Waals surface area (Å²) in [6.45, 7) is 8.57. The van der Waals surface area contributed by atoms with Crippen LogP contribution in [-0.4, -0.2) is 40.3 Å². The lowest BCUT2D eigenvalue weighted by Crippen LogP contribution is -2.42. The van der Waals surface area contributed by atoms with Crippen LogP contribution < -0.4 is 5.32 Å². The summed E-state index contributed by atoms with van der Waals surface area (Å²) in [5, 5.41) is 23.0. The van der Waals surface area contributed by atoms with E-state index in [0.717, 1.165) is 18.7 Å². The Morgan fingerprint density at radius 1 is 1.30 bits per heavy atom. The van der Waals surface area contributed by atoms with Crippen LogP contribution in [0.1, 0.15) is 45.2 Å². The second-order valence-corrected chi connectivity index (χ2v) is 6.00. The van der Waals surface area contributed by atoms with Crippen molar-refractivity contribution in [1.29, 1.82) is 0 Å². The van der Waals surface area contributed by atoms with Crippen LogP contribution in [0.4, 0.5) is 0 Å². The molecule has 0 amide bonds. The van der Waals surface area contributed by atoms with Crippen LogP contribution >= 0.6 is 0 Å². The van der Waals surface area contributed by atoms with E-state index in [9.17, 15) is 10.2 Å². The molecule has 2 atom stereocenters. The summed E-state index contributed by atoms with van der Waals surface area (Å²) in [5.74, 6) is 0.273. The number of nitrogens with one attached hydrogen (secondary N) is 1. The summed E-state index contributed by atoms with van der Waals surface area (Å²) >= 11 is 0. The van der Waals surface area contributed by atoms with Gasteiger partial charge in [0.25, 0.3) is 0 Å². The zero-order chi connectivity index (χ0) is 14.7. The Morgan fingerprint density at radius 3 is 2.60 bits per heavy atom. The molecule has 0 bridgehead atoms. The minimum Gasteiger partial charge on any atom is -0.508 e. The molecule has 2 unspecified atom stereocenters. The standard InChI is InChI=1S/C16H26N2O2/c1-11(2)18(10-13-5-4-8-17-13)12(3)15-7-6-14(19)9-16(15)20/h6-7,9,11-13,17,19-20H,4-5,8,10H2,1-3H3. The molecule has 0 spiro atoms. The highest BCUT2D eigenvalue weighted by atomic mass is 16.3. The van der Waals surface area contributed by atoms with Gasteiger partial charge in [-0.2, -0.15) is 0 Å². The van der Waals surface area contributed by atoms with E-state index in [-0.39, 0.29) is 17.5 Å². The SMILES string of the molecule is CC(C)N(CC1CCCN1)C(C)c1ccc(O)cc1O. The Balaban J connectivity index is 2.14. The van der Waals surface area contributed by atoms with Gasteiger partial charge in [0, 0.05) is 36.3 Å². The zero-order valence-electron chi connectivity index (χ0n) is 12.6. The third kappa shape index (κ3) is 3.44. The third-order valence-electron chi connectivity index (χ3n) is 4.22. The van der Waals surface area contributed by atoms with Gasteiger partial charge < -0.3 is 15.5 Å². The molecule has 0 saturated carbocycles. The molecule has 1 aromatic rings. The molecule has 20 heavy (non-hydrogen) atoms. The third-order valence-corrected chi connectivity index (χ3v) is 4.22. The van der Waals surface area contributed by atoms with E-state index in [1.54, 1.807) is 6.07 Å². The van der Waals surface area contributed by atoms with Crippen molar-refractivity contribution in [3.63, 3.8) is 0 Å². The number of nitrogens with zero attached hydrogens (tertiary/aromatic N) is 1. The number of aromatic hydroxyl groups is 2. The Bertz CT molecular complexity index is 442. The smallest absolute Gasteiger partial charge is 0.124 e. The van der Waals surface area contributed by atoms with Gasteiger partial charge in [0.2, 0.25) is 0 Å². The maximum Gasteiger partial charge on any atom is 0.124 e. The van der Waals surface area contributed by atoms with Crippen LogP contribution in [0.2, 0.25) is 0 Å². The quantitative estimate of drug-likeness (QED) is 0.775. The van der Waals surface area contributed by atoms with Crippen molar-refractivity contribution in [3.8, 4) is 11.5 Å². The van der Waals surface area contributed by atoms with Gasteiger partial charge in [-0.15, -0.1) is 0 Å². The van der Waals surface area contributed by atoms with Crippen molar-refractivity contribution in [1.82, 2.24) is 10.2 Å². The van der Waals surface area contributed by atoms with Crippen molar-refractivity contribution in [2.45, 2.75) is 51.7 Å². The molecule has 4 nitrogen and oxygen atoms in total. The molecule has 4 heteroatoms. The number of hydrogen-bond donors (Lipinski definition) is 3. The van der Waals surface area contributed by atoms with Crippen molar-refractivity contribution < 1.29 is 10.2 Å². The first-order valence-corrected chi connectivity index (χ1v) is 7.50. The monoisotopic (exact) mass is 278 g/mol. The minimum absolute atomic E-state index is 0.104. The van der Waals surface area contributed by atoms with Crippen molar-refractivity contribution in [2.75, 3.05) is 13.1 Å². The topological polar surface area (TPSA) is 55.7 Å². The lowest BCUT2D eigenvalue weighted by molar-refractivity contribution is 0.147. The molecular weight excluding hydrogens is 252 g/mol. The molecule has 1 aromatic carbocycles. The van der Waals surface area contributed by atoms with Crippen LogP contribution in [-0.2, 0) is 0 Å². The van der Waals surface area contributed by atoms with Gasteiger partial charge in [-0.25, -0.2) is 0 Å². The Hall–Kier alpha value is -1.26. The number of phenolic OH excluding ortho intramolecular Hbond substituents is 2. The molecule has 1 saturated heterocycles. The van der Waals surface area contributed by atoms with Crippen LogP contribution in [0.15, 0.2) is 18.2 Å². The highest BCUT2D eigenvalue weighted by Gasteiger charge is 2.25. The van der Waals surface area contributed by atoms with Gasteiger partial charge in [-0.3, -0.25) is 4.90 Å². The second-order valence-electron chi connectivity index (χ2n) is 6.00. The fourth-order valence-electron chi connectivity index (χ4n) is 3.05. The Morgan fingerprint density at radius 2 is 2.05 bits per heavy atom. The average Bonchev–Trinajstić information content (AvgIpc) is 2.87. The number of hydrogen-bond acceptors (Lipinski definition) is 4. The van der Waals surface area contributed by atoms with Crippen molar-refractivity contribution in [3.05, 3.63) is 23.8 Å². The molecule has 112 valence electrons. The van der Waals surface area contributed by atoms with Crippen molar-refractivity contribution in [2.24, 2.45) is 0 Å². The highest BCUT2D eigenvalue weighted by Crippen LogP contribution is 2.32. The molecule has 1 aliphatic rings. The number of rotatable bonds is 5. The van der Waals surface area contributed by atoms with Crippen molar-refractivity contribution >= 4 is 0 Å². The van der Waals surface area contributed by atoms with Crippen LogP contribution in [0.25, 0.3) is 0 Å². The van der Waals surface area contributed by atoms with Gasteiger partial charge >= 0.3 is 0 Å². The maximum absolute atomic E-state index is 10.1. The van der Waals surface area contributed by atoms with Gasteiger partial charge in [-0.1, -0.05) is 6.07 Å². The molecule has 0 radical (unpaired) electrons. The fourth-order valence-corrected chi connectivity index (χ4v) is 3.05. The second kappa shape index (κ2) is 6.46. The Kier molecular flexibility index (Phi) is 4.89. The molecule has 1 heterocycles. The minimum atomic E-state index is 0.104. The van der Waals surface area contributed by atoms with E-state index >= 15 is 0 Å². The zero-order valence-corrected chi connectivity index (χ0v) is 12.6. The molecule has 1 aliphatic heterocycles. The first-order chi connectivity index (χ1) is 9.49. The first kappa shape index (κ1) is 15.1. The van der Waals surface area contributed by atoms with Gasteiger partial charge in [0.15, 0.2) is 0 Å². The largest absolute Gasteiger partial charge is 0.508 e. The molecule has 0 aliphatic carbocycles. The predicted octanol–water partition coefficient (Wildman–Crippen LogP) is 2.62. The summed E-state index contributed by atoms with van der Waals surface area (Å²) in [7, 11) is 0. The highest BCUT2D eigenvalue weighted by molar-refractivity contribution is 5.40. The fraction of sp³-hybridized carbons (Fsp3) is 0.625. The van der Waals surface area contributed by atoms with Crippen LogP contribution in [0.3, 0.4) is 0 Å². The summed E-state index contributed by atoms with van der Waals surface area (Å²) in [4.78, 5) is 2.40. The molecule has 0 aromatic heterocycles. The maximum atomic E-state index is 10.1. The lowest BCUT2D eigenvalue weighted by Gasteiger charge is -2.35. The summed E-state index contributed by atoms with van der Waals surface area (Å²) in [6, 6.07) is 5.93. The van der Waals surface area contributed by atoms with E-state index in [0.29, 0.717) is 12.1 Å².